The number of nitriles is 1. The molecule has 1 N–H and O–H groups in total. The molecule has 1 atom stereocenters. The highest BCUT2D eigenvalue weighted by Gasteiger charge is 2.26. The van der Waals surface area contributed by atoms with Crippen LogP contribution in [0.5, 0.6) is 0 Å². The number of fused-ring (bicyclic) bond motifs is 5. The third kappa shape index (κ3) is 4.29. The van der Waals surface area contributed by atoms with Crippen LogP contribution in [-0.4, -0.2) is 45.0 Å². The summed E-state index contributed by atoms with van der Waals surface area (Å²) in [7, 11) is 0. The molecule has 0 radical (unpaired) electrons. The minimum atomic E-state index is 0.671. The molecule has 38 heavy (non-hydrogen) atoms. The summed E-state index contributed by atoms with van der Waals surface area (Å²) in [6, 6.07) is 19.7. The molecule has 2 aromatic heterocycles. The molecule has 0 amide bonds. The smallest absolute Gasteiger partial charge is 0.185 e. The molecule has 1 aliphatic carbocycles. The lowest BCUT2D eigenvalue weighted by molar-refractivity contribution is 0.353. The van der Waals surface area contributed by atoms with Gasteiger partial charge >= 0.3 is 0 Å². The molecule has 1 unspecified atom stereocenters. The van der Waals surface area contributed by atoms with Crippen LogP contribution in [0.2, 0.25) is 0 Å². The van der Waals surface area contributed by atoms with E-state index in [-0.39, 0.29) is 0 Å². The summed E-state index contributed by atoms with van der Waals surface area (Å²) in [4.78, 5) is 2.56. The number of rotatable bonds is 5. The van der Waals surface area contributed by atoms with Crippen LogP contribution in [0, 0.1) is 17.2 Å². The van der Waals surface area contributed by atoms with Gasteiger partial charge in [0, 0.05) is 43.1 Å². The molecule has 3 aliphatic rings. The average Bonchev–Trinajstić information content (AvgIpc) is 3.71. The molecular formula is C31H33N7. The maximum absolute atomic E-state index is 9.16. The fourth-order valence-electron chi connectivity index (χ4n) is 6.50. The number of hydrogen-bond donors (Lipinski definition) is 1. The van der Waals surface area contributed by atoms with Crippen LogP contribution in [0.25, 0.3) is 28.3 Å². The van der Waals surface area contributed by atoms with Gasteiger partial charge in [0.25, 0.3) is 0 Å². The summed E-state index contributed by atoms with van der Waals surface area (Å²) in [5, 5.41) is 21.8. The van der Waals surface area contributed by atoms with Crippen LogP contribution in [0.1, 0.15) is 49.7 Å². The Hall–Kier alpha value is -3.89. The van der Waals surface area contributed by atoms with Crippen molar-refractivity contribution in [1.82, 2.24) is 24.6 Å². The van der Waals surface area contributed by atoms with Gasteiger partial charge in [-0.15, -0.1) is 10.2 Å². The average molecular weight is 504 g/mol. The van der Waals surface area contributed by atoms with Crippen molar-refractivity contribution in [3.05, 3.63) is 72.2 Å². The molecule has 1 saturated heterocycles. The molecule has 4 aromatic rings. The number of nitrogens with zero attached hydrogens (tertiary/aromatic N) is 6. The number of hydrogen-bond acceptors (Lipinski definition) is 5. The second kappa shape index (κ2) is 9.77. The molecule has 4 heterocycles. The number of anilines is 1. The first-order valence-corrected chi connectivity index (χ1v) is 14.0. The van der Waals surface area contributed by atoms with Crippen molar-refractivity contribution < 1.29 is 0 Å². The minimum Gasteiger partial charge on any atom is -0.371 e. The zero-order valence-electron chi connectivity index (χ0n) is 21.7. The molecule has 7 rings (SSSR count). The highest BCUT2D eigenvalue weighted by molar-refractivity contribution is 5.72. The summed E-state index contributed by atoms with van der Waals surface area (Å²) >= 11 is 0. The Bertz CT molecular complexity index is 1480. The van der Waals surface area contributed by atoms with E-state index in [9.17, 15) is 0 Å². The number of nitrogens with one attached hydrogen (secondary N) is 1. The lowest BCUT2D eigenvalue weighted by Crippen LogP contribution is -2.35. The van der Waals surface area contributed by atoms with Crippen LogP contribution < -0.4 is 10.2 Å². The normalized spacial score (nSPS) is 18.9. The van der Waals surface area contributed by atoms with E-state index >= 15 is 0 Å². The van der Waals surface area contributed by atoms with E-state index in [0.717, 1.165) is 60.6 Å². The zero-order valence-corrected chi connectivity index (χ0v) is 21.7. The van der Waals surface area contributed by atoms with E-state index < -0.39 is 0 Å². The summed E-state index contributed by atoms with van der Waals surface area (Å²) in [6.45, 7) is 4.15. The van der Waals surface area contributed by atoms with Crippen LogP contribution in [0.15, 0.2) is 61.1 Å². The highest BCUT2D eigenvalue weighted by atomic mass is 15.3. The predicted molar refractivity (Wildman–Crippen MR) is 149 cm³/mol. The van der Waals surface area contributed by atoms with Crippen molar-refractivity contribution in [2.24, 2.45) is 5.92 Å². The van der Waals surface area contributed by atoms with Gasteiger partial charge in [0.05, 0.1) is 23.0 Å². The van der Waals surface area contributed by atoms with Gasteiger partial charge < -0.3 is 14.8 Å². The Morgan fingerprint density at radius 1 is 0.974 bits per heavy atom. The maximum atomic E-state index is 9.16. The first kappa shape index (κ1) is 23.2. The van der Waals surface area contributed by atoms with E-state index in [1.54, 1.807) is 0 Å². The minimum absolute atomic E-state index is 0.671. The molecule has 2 aromatic carbocycles. The van der Waals surface area contributed by atoms with Gasteiger partial charge in [-0.25, -0.2) is 0 Å². The van der Waals surface area contributed by atoms with Gasteiger partial charge in [-0.2, -0.15) is 5.26 Å². The molecular weight excluding hydrogens is 470 g/mol. The van der Waals surface area contributed by atoms with E-state index in [1.807, 2.05) is 30.6 Å². The fourth-order valence-corrected chi connectivity index (χ4v) is 6.50. The van der Waals surface area contributed by atoms with Gasteiger partial charge in [0.1, 0.15) is 6.33 Å². The van der Waals surface area contributed by atoms with Crippen LogP contribution >= 0.6 is 0 Å². The van der Waals surface area contributed by atoms with Crippen molar-refractivity contribution >= 4 is 5.69 Å². The molecule has 0 bridgehead atoms. The molecule has 2 aliphatic heterocycles. The van der Waals surface area contributed by atoms with Crippen molar-refractivity contribution in [2.45, 2.75) is 51.1 Å². The lowest BCUT2D eigenvalue weighted by atomic mass is 9.95. The van der Waals surface area contributed by atoms with Crippen molar-refractivity contribution in [3.8, 4) is 34.4 Å². The molecule has 192 valence electrons. The SMILES string of the molecule is N#Cc1ccc(-c2cc3n(c2)Cc2cc(N4CCC(CNC5CCCCC5)C4)ccc2-n2cnnc2-3)cc1. The van der Waals surface area contributed by atoms with E-state index in [1.165, 1.54) is 49.8 Å². The van der Waals surface area contributed by atoms with Crippen LogP contribution in [-0.2, 0) is 6.54 Å². The zero-order chi connectivity index (χ0) is 25.5. The Balaban J connectivity index is 1.13. The molecule has 2 fully saturated rings. The first-order chi connectivity index (χ1) is 18.7. The standard InChI is InChI=1S/C31H33N7/c32-16-22-6-8-24(9-7-22)25-15-30-31-35-34-21-38(31)29-11-10-28(14-26(29)20-37(30)19-25)36-13-12-23(18-36)17-33-27-4-2-1-3-5-27/h6-11,14-15,19,21,23,27,33H,1-5,12-13,17-18,20H2. The largest absolute Gasteiger partial charge is 0.371 e. The quantitative estimate of drug-likeness (QED) is 0.348. The van der Waals surface area contributed by atoms with E-state index in [4.69, 9.17) is 5.26 Å². The number of benzene rings is 2. The third-order valence-corrected chi connectivity index (χ3v) is 8.64. The number of aromatic nitrogens is 4. The Kier molecular flexibility index (Phi) is 5.98. The third-order valence-electron chi connectivity index (χ3n) is 8.64. The van der Waals surface area contributed by atoms with E-state index in [0.29, 0.717) is 11.5 Å². The molecule has 7 nitrogen and oxygen atoms in total. The Labute approximate surface area is 223 Å². The topological polar surface area (TPSA) is 74.7 Å². The summed E-state index contributed by atoms with van der Waals surface area (Å²) in [5.74, 6) is 1.57. The Morgan fingerprint density at radius 3 is 2.68 bits per heavy atom. The molecule has 1 saturated carbocycles. The summed E-state index contributed by atoms with van der Waals surface area (Å²) in [6.07, 6.45) is 12.1. The summed E-state index contributed by atoms with van der Waals surface area (Å²) in [5.41, 5.74) is 7.65. The van der Waals surface area contributed by atoms with Crippen LogP contribution in [0.3, 0.4) is 0 Å². The molecule has 7 heteroatoms. The second-order valence-corrected chi connectivity index (χ2v) is 11.1. The van der Waals surface area contributed by atoms with Gasteiger partial charge in [0.15, 0.2) is 5.82 Å². The van der Waals surface area contributed by atoms with Gasteiger partial charge in [-0.05, 0) is 79.3 Å². The predicted octanol–water partition coefficient (Wildman–Crippen LogP) is 5.38. The van der Waals surface area contributed by atoms with E-state index in [2.05, 4.69) is 66.1 Å². The Morgan fingerprint density at radius 2 is 1.84 bits per heavy atom. The second-order valence-electron chi connectivity index (χ2n) is 11.1. The summed E-state index contributed by atoms with van der Waals surface area (Å²) < 4.78 is 4.39. The molecule has 0 spiro atoms. The maximum Gasteiger partial charge on any atom is 0.185 e. The van der Waals surface area contributed by atoms with Crippen molar-refractivity contribution in [2.75, 3.05) is 24.5 Å². The van der Waals surface area contributed by atoms with Crippen molar-refractivity contribution in [3.63, 3.8) is 0 Å². The van der Waals surface area contributed by atoms with Crippen molar-refractivity contribution in [1.29, 1.82) is 5.26 Å². The fraction of sp³-hybridized carbons (Fsp3) is 0.387. The monoisotopic (exact) mass is 503 g/mol. The first-order valence-electron chi connectivity index (χ1n) is 14.0. The highest BCUT2D eigenvalue weighted by Crippen LogP contribution is 2.35. The van der Waals surface area contributed by atoms with Crippen LogP contribution in [0.4, 0.5) is 5.69 Å². The van der Waals surface area contributed by atoms with Gasteiger partial charge in [0.2, 0.25) is 0 Å². The lowest BCUT2D eigenvalue weighted by Gasteiger charge is -2.25. The van der Waals surface area contributed by atoms with Gasteiger partial charge in [-0.3, -0.25) is 4.57 Å². The van der Waals surface area contributed by atoms with Gasteiger partial charge in [-0.1, -0.05) is 31.4 Å².